The number of nitrogens with zero attached hydrogens (tertiary/aromatic N) is 1. The normalized spacial score (nSPS) is 11.7. The number of hydrogen-bond acceptors (Lipinski definition) is 7. The molecule has 0 bridgehead atoms. The average Bonchev–Trinajstić information content (AvgIpc) is 2.90. The molecule has 2 aromatic carbocycles. The molecule has 0 aliphatic carbocycles. The maximum atomic E-state index is 13.1. The predicted molar refractivity (Wildman–Crippen MR) is 134 cm³/mol. The van der Waals surface area contributed by atoms with Crippen molar-refractivity contribution in [3.05, 3.63) is 66.4 Å². The first kappa shape index (κ1) is 26.7. The molecule has 188 valence electrons. The van der Waals surface area contributed by atoms with E-state index in [-0.39, 0.29) is 36.1 Å². The summed E-state index contributed by atoms with van der Waals surface area (Å²) in [6, 6.07) is 16.6. The number of fused-ring (bicyclic) bond motifs is 1. The Bertz CT molecular complexity index is 1380. The van der Waals surface area contributed by atoms with Gasteiger partial charge in [0.1, 0.15) is 23.3 Å². The molecule has 1 heterocycles. The van der Waals surface area contributed by atoms with Crippen LogP contribution in [-0.2, 0) is 14.6 Å². The molecule has 1 aromatic heterocycles. The third kappa shape index (κ3) is 6.81. The lowest BCUT2D eigenvalue weighted by molar-refractivity contribution is -0.128. The molecular formula is C26H27N3O6S. The number of amides is 2. The molecule has 0 spiro atoms. The zero-order valence-electron chi connectivity index (χ0n) is 19.7. The Morgan fingerprint density at radius 1 is 1.06 bits per heavy atom. The maximum Gasteiger partial charge on any atom is 0.269 e. The van der Waals surface area contributed by atoms with Gasteiger partial charge in [-0.2, -0.15) is 0 Å². The van der Waals surface area contributed by atoms with Gasteiger partial charge >= 0.3 is 0 Å². The molecule has 0 fully saturated rings. The standard InChI is InChI=1S/C26H27N3O6S/c1-2-3-18-35-20-12-14-21(15-13-20)36(33,34)24(26(31)29-32)10-6-7-17-27-25(30)23-16-11-19-8-4-5-9-22(19)28-23/h4-5,8-9,11-16,24,32H,6-7,10,17-18H2,1H3,(H,27,30)(H,29,31). The van der Waals surface area contributed by atoms with Gasteiger partial charge in [0, 0.05) is 11.9 Å². The minimum Gasteiger partial charge on any atom is -0.481 e. The largest absolute Gasteiger partial charge is 0.481 e. The van der Waals surface area contributed by atoms with Gasteiger partial charge < -0.3 is 10.1 Å². The summed E-state index contributed by atoms with van der Waals surface area (Å²) in [5, 5.41) is 11.3. The molecule has 1 unspecified atom stereocenters. The Kier molecular flexibility index (Phi) is 9.39. The van der Waals surface area contributed by atoms with Crippen LogP contribution >= 0.6 is 0 Å². The molecule has 9 nitrogen and oxygen atoms in total. The molecule has 0 aliphatic heterocycles. The topological polar surface area (TPSA) is 135 Å². The first-order chi connectivity index (χ1) is 17.4. The van der Waals surface area contributed by atoms with E-state index in [0.717, 1.165) is 5.39 Å². The molecule has 3 N–H and O–H groups in total. The number of hydroxylamine groups is 1. The van der Waals surface area contributed by atoms with Crippen molar-refractivity contribution >= 4 is 32.6 Å². The summed E-state index contributed by atoms with van der Waals surface area (Å²) in [5.74, 6) is 4.51. The van der Waals surface area contributed by atoms with Gasteiger partial charge in [0.25, 0.3) is 11.8 Å². The van der Waals surface area contributed by atoms with E-state index in [1.54, 1.807) is 13.0 Å². The second-order valence-electron chi connectivity index (χ2n) is 7.84. The van der Waals surface area contributed by atoms with E-state index in [1.807, 2.05) is 30.3 Å². The van der Waals surface area contributed by atoms with Crippen LogP contribution in [0.3, 0.4) is 0 Å². The van der Waals surface area contributed by atoms with E-state index in [9.17, 15) is 18.0 Å². The van der Waals surface area contributed by atoms with Crippen LogP contribution in [0.1, 0.15) is 36.7 Å². The van der Waals surface area contributed by atoms with Crippen LogP contribution in [0.2, 0.25) is 0 Å². The second kappa shape index (κ2) is 12.7. The minimum absolute atomic E-state index is 0.0385. The summed E-state index contributed by atoms with van der Waals surface area (Å²) in [4.78, 5) is 28.9. The molecule has 1 atom stereocenters. The Balaban J connectivity index is 1.56. The second-order valence-corrected chi connectivity index (χ2v) is 9.97. The van der Waals surface area contributed by atoms with Crippen molar-refractivity contribution in [1.29, 1.82) is 0 Å². The van der Waals surface area contributed by atoms with Gasteiger partial charge in [0.15, 0.2) is 9.84 Å². The third-order valence-electron chi connectivity index (χ3n) is 5.43. The van der Waals surface area contributed by atoms with Crippen LogP contribution < -0.4 is 15.5 Å². The average molecular weight is 510 g/mol. The first-order valence-corrected chi connectivity index (χ1v) is 12.9. The van der Waals surface area contributed by atoms with Crippen LogP contribution in [-0.4, -0.2) is 48.8 Å². The lowest BCUT2D eigenvalue weighted by Gasteiger charge is -2.16. The molecule has 0 aliphatic rings. The van der Waals surface area contributed by atoms with Gasteiger partial charge in [-0.1, -0.05) is 30.2 Å². The number of para-hydroxylation sites is 1. The lowest BCUT2D eigenvalue weighted by atomic mass is 10.1. The van der Waals surface area contributed by atoms with Crippen molar-refractivity contribution in [3.63, 3.8) is 0 Å². The summed E-state index contributed by atoms with van der Waals surface area (Å²) in [6.45, 7) is 2.13. The van der Waals surface area contributed by atoms with Gasteiger partial charge in [-0.15, -0.1) is 5.92 Å². The van der Waals surface area contributed by atoms with E-state index < -0.39 is 21.0 Å². The van der Waals surface area contributed by atoms with E-state index in [0.29, 0.717) is 24.1 Å². The number of nitrogens with one attached hydrogen (secondary N) is 2. The number of benzene rings is 2. The minimum atomic E-state index is -4.07. The number of unbranched alkanes of at least 4 members (excludes halogenated alkanes) is 1. The highest BCUT2D eigenvalue weighted by molar-refractivity contribution is 7.92. The molecule has 0 saturated carbocycles. The fraction of sp³-hybridized carbons (Fsp3) is 0.269. The number of aromatic nitrogens is 1. The van der Waals surface area contributed by atoms with Crippen molar-refractivity contribution in [3.8, 4) is 17.6 Å². The third-order valence-corrected chi connectivity index (χ3v) is 7.56. The predicted octanol–water partition coefficient (Wildman–Crippen LogP) is 2.88. The molecular weight excluding hydrogens is 482 g/mol. The summed E-state index contributed by atoms with van der Waals surface area (Å²) in [7, 11) is -4.07. The van der Waals surface area contributed by atoms with Crippen molar-refractivity contribution in [2.45, 2.75) is 36.3 Å². The maximum absolute atomic E-state index is 13.1. The fourth-order valence-corrected chi connectivity index (χ4v) is 5.18. The van der Waals surface area contributed by atoms with Crippen LogP contribution in [0.15, 0.2) is 65.6 Å². The van der Waals surface area contributed by atoms with Crippen molar-refractivity contribution < 1.29 is 28.0 Å². The Hall–Kier alpha value is -3.94. The van der Waals surface area contributed by atoms with Crippen molar-refractivity contribution in [2.24, 2.45) is 0 Å². The SMILES string of the molecule is CC#CCOc1ccc(S(=O)(=O)C(CCCCNC(=O)c2ccc3ccccc3n2)C(=O)NO)cc1. The smallest absolute Gasteiger partial charge is 0.269 e. The molecule has 3 aromatic rings. The van der Waals surface area contributed by atoms with Gasteiger partial charge in [0.05, 0.1) is 10.4 Å². The highest BCUT2D eigenvalue weighted by Gasteiger charge is 2.33. The van der Waals surface area contributed by atoms with Gasteiger partial charge in [0.2, 0.25) is 0 Å². The van der Waals surface area contributed by atoms with Crippen molar-refractivity contribution in [2.75, 3.05) is 13.2 Å². The van der Waals surface area contributed by atoms with E-state index in [4.69, 9.17) is 9.94 Å². The highest BCUT2D eigenvalue weighted by atomic mass is 32.2. The Labute approximate surface area is 209 Å². The number of carbonyl (C=O) groups excluding carboxylic acids is 2. The van der Waals surface area contributed by atoms with Crippen LogP contribution in [0.5, 0.6) is 5.75 Å². The molecule has 2 amide bonds. The number of carbonyl (C=O) groups is 2. The zero-order chi connectivity index (χ0) is 26.0. The monoisotopic (exact) mass is 509 g/mol. The molecule has 0 radical (unpaired) electrons. The van der Waals surface area contributed by atoms with Crippen molar-refractivity contribution in [1.82, 2.24) is 15.8 Å². The zero-order valence-corrected chi connectivity index (χ0v) is 20.5. The number of pyridine rings is 1. The summed E-state index contributed by atoms with van der Waals surface area (Å²) in [6.07, 6.45) is 0.706. The Morgan fingerprint density at radius 2 is 1.81 bits per heavy atom. The van der Waals surface area contributed by atoms with E-state index in [1.165, 1.54) is 29.7 Å². The summed E-state index contributed by atoms with van der Waals surface area (Å²) < 4.78 is 31.5. The number of ether oxygens (including phenoxy) is 1. The van der Waals surface area contributed by atoms with E-state index in [2.05, 4.69) is 22.1 Å². The van der Waals surface area contributed by atoms with Crippen LogP contribution in [0.4, 0.5) is 0 Å². The number of rotatable bonds is 11. The van der Waals surface area contributed by atoms with Gasteiger partial charge in [-0.3, -0.25) is 14.8 Å². The fourth-order valence-electron chi connectivity index (χ4n) is 3.52. The lowest BCUT2D eigenvalue weighted by Crippen LogP contribution is -2.38. The molecule has 0 saturated heterocycles. The summed E-state index contributed by atoms with van der Waals surface area (Å²) in [5.41, 5.74) is 2.44. The molecule has 3 rings (SSSR count). The number of hydrogen-bond donors (Lipinski definition) is 3. The van der Waals surface area contributed by atoms with E-state index >= 15 is 0 Å². The highest BCUT2D eigenvalue weighted by Crippen LogP contribution is 2.23. The molecule has 36 heavy (non-hydrogen) atoms. The molecule has 10 heteroatoms. The first-order valence-electron chi connectivity index (χ1n) is 11.3. The Morgan fingerprint density at radius 3 is 2.53 bits per heavy atom. The number of sulfone groups is 1. The quantitative estimate of drug-likeness (QED) is 0.157. The van der Waals surface area contributed by atoms with Crippen LogP contribution in [0.25, 0.3) is 10.9 Å². The van der Waals surface area contributed by atoms with Gasteiger partial charge in [-0.05, 0) is 62.6 Å². The van der Waals surface area contributed by atoms with Gasteiger partial charge in [-0.25, -0.2) is 18.9 Å². The van der Waals surface area contributed by atoms with Crippen LogP contribution in [0, 0.1) is 11.8 Å². The summed E-state index contributed by atoms with van der Waals surface area (Å²) >= 11 is 0.